The third kappa shape index (κ3) is 5.04. The van der Waals surface area contributed by atoms with E-state index in [1.165, 1.54) is 24.3 Å². The molecule has 0 saturated heterocycles. The highest BCUT2D eigenvalue weighted by molar-refractivity contribution is 7.92. The van der Waals surface area contributed by atoms with Gasteiger partial charge < -0.3 is 4.74 Å². The Hall–Kier alpha value is -2.08. The highest BCUT2D eigenvalue weighted by atomic mass is 32.2. The van der Waals surface area contributed by atoms with Crippen molar-refractivity contribution in [1.29, 1.82) is 0 Å². The van der Waals surface area contributed by atoms with E-state index in [9.17, 15) is 12.8 Å². The first-order valence-corrected chi connectivity index (χ1v) is 8.46. The van der Waals surface area contributed by atoms with Gasteiger partial charge in [-0.05, 0) is 61.4 Å². The molecule has 0 aliphatic carbocycles. The van der Waals surface area contributed by atoms with Crippen molar-refractivity contribution in [3.63, 3.8) is 0 Å². The Balaban J connectivity index is 1.92. The smallest absolute Gasteiger partial charge is 0.236 e. The first kappa shape index (κ1) is 16.3. The molecule has 6 heteroatoms. The number of anilines is 1. The first-order valence-electron chi connectivity index (χ1n) is 6.81. The standard InChI is InChI=1S/C16H18FNO3S/c1-12-9-13(2)11-15(10-12)18-22(19,20)8-7-21-16-5-3-14(17)4-6-16/h3-6,9-11,18H,7-8H2,1-2H3. The number of hydrogen-bond acceptors (Lipinski definition) is 3. The van der Waals surface area contributed by atoms with E-state index >= 15 is 0 Å². The van der Waals surface area contributed by atoms with E-state index in [1.54, 1.807) is 12.1 Å². The van der Waals surface area contributed by atoms with Crippen LogP contribution in [0.25, 0.3) is 0 Å². The lowest BCUT2D eigenvalue weighted by Gasteiger charge is -2.10. The van der Waals surface area contributed by atoms with Gasteiger partial charge in [0.2, 0.25) is 10.0 Å². The molecule has 0 aliphatic heterocycles. The van der Waals surface area contributed by atoms with Crippen molar-refractivity contribution in [1.82, 2.24) is 0 Å². The minimum atomic E-state index is -3.50. The maximum atomic E-state index is 12.7. The minimum Gasteiger partial charge on any atom is -0.492 e. The third-order valence-corrected chi connectivity index (χ3v) is 4.18. The van der Waals surface area contributed by atoms with Crippen molar-refractivity contribution in [2.24, 2.45) is 0 Å². The molecule has 118 valence electrons. The molecule has 4 nitrogen and oxygen atoms in total. The lowest BCUT2D eigenvalue weighted by Crippen LogP contribution is -2.21. The Bertz CT molecular complexity index is 722. The second-order valence-corrected chi connectivity index (χ2v) is 6.94. The summed E-state index contributed by atoms with van der Waals surface area (Å²) in [5.41, 5.74) is 2.51. The van der Waals surface area contributed by atoms with Crippen LogP contribution in [-0.4, -0.2) is 20.8 Å². The molecule has 0 amide bonds. The van der Waals surface area contributed by atoms with Crippen molar-refractivity contribution >= 4 is 15.7 Å². The molecular formula is C16H18FNO3S. The van der Waals surface area contributed by atoms with Crippen LogP contribution in [-0.2, 0) is 10.0 Å². The Kier molecular flexibility index (Phi) is 5.03. The summed E-state index contributed by atoms with van der Waals surface area (Å²) in [5.74, 6) is -0.114. The molecule has 0 unspecified atom stereocenters. The number of rotatable bonds is 6. The van der Waals surface area contributed by atoms with Crippen LogP contribution in [0, 0.1) is 19.7 Å². The fraction of sp³-hybridized carbons (Fsp3) is 0.250. The normalized spacial score (nSPS) is 11.2. The molecule has 0 saturated carbocycles. The second kappa shape index (κ2) is 6.79. The maximum Gasteiger partial charge on any atom is 0.236 e. The van der Waals surface area contributed by atoms with Crippen molar-refractivity contribution in [3.8, 4) is 5.75 Å². The number of hydrogen-bond donors (Lipinski definition) is 1. The van der Waals surface area contributed by atoms with E-state index in [0.717, 1.165) is 11.1 Å². The zero-order valence-electron chi connectivity index (χ0n) is 12.5. The number of ether oxygens (including phenoxy) is 1. The van der Waals surface area contributed by atoms with Gasteiger partial charge in [-0.1, -0.05) is 6.07 Å². The van der Waals surface area contributed by atoms with Gasteiger partial charge >= 0.3 is 0 Å². The van der Waals surface area contributed by atoms with E-state index < -0.39 is 10.0 Å². The Labute approximate surface area is 130 Å². The molecule has 0 heterocycles. The Morgan fingerprint density at radius 2 is 1.64 bits per heavy atom. The van der Waals surface area contributed by atoms with Crippen LogP contribution in [0.15, 0.2) is 42.5 Å². The van der Waals surface area contributed by atoms with Crippen molar-refractivity contribution in [2.45, 2.75) is 13.8 Å². The summed E-state index contributed by atoms with van der Waals surface area (Å²) in [5, 5.41) is 0. The molecule has 22 heavy (non-hydrogen) atoms. The summed E-state index contributed by atoms with van der Waals surface area (Å²) in [4.78, 5) is 0. The molecule has 2 aromatic carbocycles. The van der Waals surface area contributed by atoms with E-state index in [4.69, 9.17) is 4.74 Å². The number of sulfonamides is 1. The van der Waals surface area contributed by atoms with E-state index in [2.05, 4.69) is 4.72 Å². The van der Waals surface area contributed by atoms with E-state index in [0.29, 0.717) is 11.4 Å². The zero-order chi connectivity index (χ0) is 16.2. The summed E-state index contributed by atoms with van der Waals surface area (Å²) in [6.07, 6.45) is 0. The monoisotopic (exact) mass is 323 g/mol. The quantitative estimate of drug-likeness (QED) is 0.888. The highest BCUT2D eigenvalue weighted by Gasteiger charge is 2.11. The van der Waals surface area contributed by atoms with Gasteiger partial charge in [0, 0.05) is 5.69 Å². The van der Waals surface area contributed by atoms with Crippen LogP contribution in [0.4, 0.5) is 10.1 Å². The van der Waals surface area contributed by atoms with Crippen LogP contribution in [0.2, 0.25) is 0 Å². The summed E-state index contributed by atoms with van der Waals surface area (Å²) in [6.45, 7) is 3.80. The fourth-order valence-electron chi connectivity index (χ4n) is 2.06. The number of aryl methyl sites for hydroxylation is 2. The number of halogens is 1. The lowest BCUT2D eigenvalue weighted by atomic mass is 10.1. The fourth-order valence-corrected chi connectivity index (χ4v) is 2.95. The van der Waals surface area contributed by atoms with Gasteiger partial charge in [-0.3, -0.25) is 4.72 Å². The van der Waals surface area contributed by atoms with Gasteiger partial charge in [0.15, 0.2) is 0 Å². The molecule has 0 atom stereocenters. The van der Waals surface area contributed by atoms with Gasteiger partial charge in [0.1, 0.15) is 23.9 Å². The molecule has 2 rings (SSSR count). The third-order valence-electron chi connectivity index (χ3n) is 2.93. The molecular weight excluding hydrogens is 305 g/mol. The van der Waals surface area contributed by atoms with E-state index in [1.807, 2.05) is 19.9 Å². The second-order valence-electron chi connectivity index (χ2n) is 5.10. The molecule has 2 aromatic rings. The van der Waals surface area contributed by atoms with Crippen LogP contribution in [0.3, 0.4) is 0 Å². The van der Waals surface area contributed by atoms with Crippen LogP contribution in [0.5, 0.6) is 5.75 Å². The maximum absolute atomic E-state index is 12.7. The van der Waals surface area contributed by atoms with Gasteiger partial charge in [-0.25, -0.2) is 12.8 Å². The van der Waals surface area contributed by atoms with Crippen LogP contribution < -0.4 is 9.46 Å². The summed E-state index contributed by atoms with van der Waals surface area (Å²) in [6, 6.07) is 10.9. The minimum absolute atomic E-state index is 0.00817. The average molecular weight is 323 g/mol. The largest absolute Gasteiger partial charge is 0.492 e. The first-order chi connectivity index (χ1) is 10.3. The average Bonchev–Trinajstić information content (AvgIpc) is 2.39. The lowest BCUT2D eigenvalue weighted by molar-refractivity contribution is 0.340. The van der Waals surface area contributed by atoms with Crippen molar-refractivity contribution < 1.29 is 17.5 Å². The SMILES string of the molecule is Cc1cc(C)cc(NS(=O)(=O)CCOc2ccc(F)cc2)c1. The molecule has 0 bridgehead atoms. The summed E-state index contributed by atoms with van der Waals surface area (Å²) in [7, 11) is -3.50. The molecule has 0 aliphatic rings. The van der Waals surface area contributed by atoms with Crippen LogP contribution in [0.1, 0.15) is 11.1 Å². The predicted octanol–water partition coefficient (Wildman–Crippen LogP) is 3.26. The summed E-state index contributed by atoms with van der Waals surface area (Å²) < 4.78 is 44.6. The molecule has 0 spiro atoms. The van der Waals surface area contributed by atoms with E-state index in [-0.39, 0.29) is 18.2 Å². The van der Waals surface area contributed by atoms with Crippen LogP contribution >= 0.6 is 0 Å². The molecule has 1 N–H and O–H groups in total. The molecule has 0 radical (unpaired) electrons. The molecule has 0 fully saturated rings. The number of benzene rings is 2. The topological polar surface area (TPSA) is 55.4 Å². The van der Waals surface area contributed by atoms with Crippen molar-refractivity contribution in [2.75, 3.05) is 17.1 Å². The van der Waals surface area contributed by atoms with Gasteiger partial charge in [0.25, 0.3) is 0 Å². The van der Waals surface area contributed by atoms with Gasteiger partial charge in [-0.2, -0.15) is 0 Å². The summed E-state index contributed by atoms with van der Waals surface area (Å²) >= 11 is 0. The molecule has 0 aromatic heterocycles. The Morgan fingerprint density at radius 3 is 2.23 bits per heavy atom. The Morgan fingerprint density at radius 1 is 1.05 bits per heavy atom. The van der Waals surface area contributed by atoms with Gasteiger partial charge in [-0.15, -0.1) is 0 Å². The zero-order valence-corrected chi connectivity index (χ0v) is 13.3. The highest BCUT2D eigenvalue weighted by Crippen LogP contribution is 2.16. The predicted molar refractivity (Wildman–Crippen MR) is 85.2 cm³/mol. The van der Waals surface area contributed by atoms with Gasteiger partial charge in [0.05, 0.1) is 0 Å². The van der Waals surface area contributed by atoms with Crippen molar-refractivity contribution in [3.05, 3.63) is 59.4 Å². The number of nitrogens with one attached hydrogen (secondary N) is 1.